The summed E-state index contributed by atoms with van der Waals surface area (Å²) in [5.74, 6) is -0.981. The van der Waals surface area contributed by atoms with Crippen LogP contribution in [-0.4, -0.2) is 21.4 Å². The average Bonchev–Trinajstić information content (AvgIpc) is 3.11. The third kappa shape index (κ3) is 2.72. The van der Waals surface area contributed by atoms with Crippen molar-refractivity contribution >= 4 is 17.3 Å². The van der Waals surface area contributed by atoms with Crippen LogP contribution in [0, 0.1) is 0 Å². The lowest BCUT2D eigenvalue weighted by molar-refractivity contribution is -0.130. The summed E-state index contributed by atoms with van der Waals surface area (Å²) in [5, 5.41) is 9.33. The predicted molar refractivity (Wildman–Crippen MR) is 88.5 cm³/mol. The van der Waals surface area contributed by atoms with Crippen LogP contribution in [0.25, 0.3) is 5.57 Å². The maximum Gasteiger partial charge on any atom is 0.337 e. The average molecular weight is 309 g/mol. The molecule has 0 saturated heterocycles. The van der Waals surface area contributed by atoms with Gasteiger partial charge in [-0.1, -0.05) is 43.7 Å². The van der Waals surface area contributed by atoms with E-state index in [0.29, 0.717) is 23.5 Å². The first kappa shape index (κ1) is 15.3. The number of unbranched alkanes of at least 4 members (excludes halogenated alkanes) is 1. The molecule has 4 heteroatoms. The van der Waals surface area contributed by atoms with E-state index in [1.54, 1.807) is 18.2 Å². The summed E-state index contributed by atoms with van der Waals surface area (Å²) in [6, 6.07) is 11.0. The van der Waals surface area contributed by atoms with Gasteiger partial charge < -0.3 is 9.67 Å². The number of carbonyl (C=O) groups is 2. The number of aliphatic carboxylic acids is 1. The molecule has 0 saturated carbocycles. The predicted octanol–water partition coefficient (Wildman–Crippen LogP) is 3.54. The van der Waals surface area contributed by atoms with E-state index >= 15 is 0 Å². The molecule has 23 heavy (non-hydrogen) atoms. The zero-order valence-corrected chi connectivity index (χ0v) is 13.1. The van der Waals surface area contributed by atoms with Crippen molar-refractivity contribution in [1.29, 1.82) is 0 Å². The third-order valence-corrected chi connectivity index (χ3v) is 4.21. The number of nitrogens with zero attached hydrogens (tertiary/aromatic N) is 1. The number of benzene rings is 1. The summed E-state index contributed by atoms with van der Waals surface area (Å²) in [7, 11) is 0. The molecule has 0 aliphatic carbocycles. The van der Waals surface area contributed by atoms with Crippen molar-refractivity contribution in [3.63, 3.8) is 0 Å². The molecule has 1 aliphatic heterocycles. The van der Waals surface area contributed by atoms with Gasteiger partial charge in [-0.2, -0.15) is 0 Å². The molecular weight excluding hydrogens is 290 g/mol. The van der Waals surface area contributed by atoms with E-state index in [9.17, 15) is 14.7 Å². The molecule has 1 aromatic heterocycles. The smallest absolute Gasteiger partial charge is 0.337 e. The Morgan fingerprint density at radius 2 is 1.96 bits per heavy atom. The maximum atomic E-state index is 12.9. The van der Waals surface area contributed by atoms with E-state index < -0.39 is 5.97 Å². The van der Waals surface area contributed by atoms with Crippen molar-refractivity contribution in [3.05, 3.63) is 65.0 Å². The summed E-state index contributed by atoms with van der Waals surface area (Å²) in [6.45, 7) is 2.54. The molecule has 1 aliphatic rings. The molecule has 0 bridgehead atoms. The highest BCUT2D eigenvalue weighted by Crippen LogP contribution is 2.30. The van der Waals surface area contributed by atoms with Gasteiger partial charge in [0.15, 0.2) is 0 Å². The Morgan fingerprint density at radius 1 is 1.22 bits per heavy atom. The molecule has 0 fully saturated rings. The van der Waals surface area contributed by atoms with Gasteiger partial charge in [0.25, 0.3) is 0 Å². The van der Waals surface area contributed by atoms with Gasteiger partial charge >= 0.3 is 5.97 Å². The van der Waals surface area contributed by atoms with Crippen LogP contribution in [-0.2, 0) is 17.8 Å². The van der Waals surface area contributed by atoms with Crippen LogP contribution in [0.1, 0.15) is 47.1 Å². The normalized spacial score (nSPS) is 12.8. The van der Waals surface area contributed by atoms with Gasteiger partial charge in [0.1, 0.15) is 0 Å². The molecule has 1 N–H and O–H groups in total. The second kappa shape index (κ2) is 6.24. The number of hydrogen-bond acceptors (Lipinski definition) is 2. The molecule has 0 atom stereocenters. The maximum absolute atomic E-state index is 12.9. The summed E-state index contributed by atoms with van der Waals surface area (Å²) < 4.78 is 1.84. The first-order valence-corrected chi connectivity index (χ1v) is 7.89. The lowest BCUT2D eigenvalue weighted by atomic mass is 10.0. The van der Waals surface area contributed by atoms with Gasteiger partial charge in [0.2, 0.25) is 5.78 Å². The minimum Gasteiger partial charge on any atom is -0.478 e. The second-order valence-electron chi connectivity index (χ2n) is 5.74. The van der Waals surface area contributed by atoms with Crippen LogP contribution in [0.5, 0.6) is 0 Å². The lowest BCUT2D eigenvalue weighted by Gasteiger charge is -2.08. The molecule has 2 heterocycles. The Kier molecular flexibility index (Phi) is 4.15. The monoisotopic (exact) mass is 309 g/mol. The largest absolute Gasteiger partial charge is 0.478 e. The lowest BCUT2D eigenvalue weighted by Crippen LogP contribution is -2.12. The Bertz CT molecular complexity index is 784. The molecule has 3 rings (SSSR count). The highest BCUT2D eigenvalue weighted by Gasteiger charge is 2.28. The quantitative estimate of drug-likeness (QED) is 0.830. The van der Waals surface area contributed by atoms with E-state index in [-0.39, 0.29) is 11.4 Å². The van der Waals surface area contributed by atoms with Gasteiger partial charge in [0.05, 0.1) is 17.0 Å². The Labute approximate surface area is 135 Å². The summed E-state index contributed by atoms with van der Waals surface area (Å²) >= 11 is 0. The number of hydrogen-bond donors (Lipinski definition) is 1. The molecule has 0 spiro atoms. The van der Waals surface area contributed by atoms with E-state index in [0.717, 1.165) is 24.8 Å². The van der Waals surface area contributed by atoms with Gasteiger partial charge in [-0.3, -0.25) is 4.79 Å². The van der Waals surface area contributed by atoms with Crippen molar-refractivity contribution in [3.8, 4) is 0 Å². The van der Waals surface area contributed by atoms with E-state index in [2.05, 4.69) is 6.92 Å². The van der Waals surface area contributed by atoms with E-state index in [1.807, 2.05) is 28.8 Å². The molecule has 0 radical (unpaired) electrons. The van der Waals surface area contributed by atoms with Crippen molar-refractivity contribution in [2.45, 2.75) is 32.7 Å². The Hall–Kier alpha value is -2.62. The van der Waals surface area contributed by atoms with E-state index in [1.165, 1.54) is 0 Å². The van der Waals surface area contributed by atoms with Crippen LogP contribution in [0.3, 0.4) is 0 Å². The fourth-order valence-electron chi connectivity index (χ4n) is 3.05. The number of carboxylic acids is 1. The third-order valence-electron chi connectivity index (χ3n) is 4.21. The van der Waals surface area contributed by atoms with Gasteiger partial charge in [-0.05, 0) is 30.5 Å². The first-order valence-electron chi connectivity index (χ1n) is 7.89. The van der Waals surface area contributed by atoms with Crippen LogP contribution in [0.4, 0.5) is 0 Å². The topological polar surface area (TPSA) is 59.3 Å². The molecule has 2 aromatic rings. The summed E-state index contributed by atoms with van der Waals surface area (Å²) in [5.41, 5.74) is 3.14. The van der Waals surface area contributed by atoms with Gasteiger partial charge in [-0.25, -0.2) is 4.79 Å². The molecule has 1 aromatic carbocycles. The molecular formula is C19H19NO3. The zero-order valence-electron chi connectivity index (χ0n) is 13.1. The van der Waals surface area contributed by atoms with Crippen LogP contribution < -0.4 is 0 Å². The van der Waals surface area contributed by atoms with Crippen molar-refractivity contribution in [2.75, 3.05) is 0 Å². The fraction of sp³-hybridized carbons (Fsp3) is 0.263. The van der Waals surface area contributed by atoms with Crippen LogP contribution in [0.15, 0.2) is 42.5 Å². The molecule has 4 nitrogen and oxygen atoms in total. The number of carboxylic acid groups (broad SMARTS) is 1. The number of ketones is 1. The number of fused-ring (bicyclic) bond motifs is 1. The van der Waals surface area contributed by atoms with Crippen molar-refractivity contribution in [2.24, 2.45) is 0 Å². The minimum absolute atomic E-state index is 0.0389. The Balaban J connectivity index is 2.07. The number of aryl methyl sites for hydroxylation is 1. The first-order chi connectivity index (χ1) is 11.1. The van der Waals surface area contributed by atoms with Gasteiger partial charge in [0, 0.05) is 12.1 Å². The van der Waals surface area contributed by atoms with Crippen LogP contribution in [0.2, 0.25) is 0 Å². The Morgan fingerprint density at radius 3 is 2.61 bits per heavy atom. The number of allylic oxidation sites excluding steroid dienone is 1. The van der Waals surface area contributed by atoms with Crippen molar-refractivity contribution in [1.82, 2.24) is 4.57 Å². The van der Waals surface area contributed by atoms with Crippen molar-refractivity contribution < 1.29 is 14.7 Å². The van der Waals surface area contributed by atoms with E-state index in [4.69, 9.17) is 0 Å². The second-order valence-corrected chi connectivity index (χ2v) is 5.74. The highest BCUT2D eigenvalue weighted by atomic mass is 16.4. The fourth-order valence-corrected chi connectivity index (χ4v) is 3.05. The summed E-state index contributed by atoms with van der Waals surface area (Å²) in [6.07, 6.45) is 4.46. The van der Waals surface area contributed by atoms with Gasteiger partial charge in [-0.15, -0.1) is 0 Å². The number of rotatable bonds is 6. The standard InChI is InChI=1S/C19H19NO3/c1-2-3-7-14-12-16-15(19(22)23)10-11-20(16)17(14)18(21)13-8-5-4-6-9-13/h4-6,8-10,12H,2-3,7,11H2,1H3,(H,22,23). The van der Waals surface area contributed by atoms with Crippen LogP contribution >= 0.6 is 0 Å². The SMILES string of the molecule is CCCCc1cc2n(c1C(=O)c1ccccc1)CC=C2C(=O)O. The molecule has 118 valence electrons. The summed E-state index contributed by atoms with van der Waals surface area (Å²) in [4.78, 5) is 24.3. The molecule has 0 unspecified atom stereocenters. The number of aromatic nitrogens is 1. The highest BCUT2D eigenvalue weighted by molar-refractivity contribution is 6.17. The zero-order chi connectivity index (χ0) is 16.4. The number of carbonyl (C=O) groups excluding carboxylic acids is 1. The minimum atomic E-state index is -0.943. The molecule has 0 amide bonds.